The maximum Gasteiger partial charge on any atom is 0.182 e. The molecule has 1 aliphatic rings. The predicted molar refractivity (Wildman–Crippen MR) is 103 cm³/mol. The summed E-state index contributed by atoms with van der Waals surface area (Å²) >= 11 is 1.66. The molecule has 0 saturated heterocycles. The second-order valence-corrected chi connectivity index (χ2v) is 6.81. The molecule has 1 aliphatic heterocycles. The van der Waals surface area contributed by atoms with Crippen molar-refractivity contribution in [1.29, 1.82) is 0 Å². The summed E-state index contributed by atoms with van der Waals surface area (Å²) in [5.41, 5.74) is 7.42. The number of aliphatic imine (C=N–C) groups is 1. The van der Waals surface area contributed by atoms with E-state index in [0.29, 0.717) is 5.92 Å². The van der Waals surface area contributed by atoms with Gasteiger partial charge < -0.3 is 4.74 Å². The lowest BCUT2D eigenvalue weighted by Crippen LogP contribution is -2.25. The van der Waals surface area contributed by atoms with Gasteiger partial charge in [0.05, 0.1) is 18.5 Å². The number of rotatable bonds is 4. The van der Waals surface area contributed by atoms with E-state index in [4.69, 9.17) is 4.74 Å². The first kappa shape index (κ1) is 16.6. The second-order valence-electron chi connectivity index (χ2n) is 5.85. The van der Waals surface area contributed by atoms with E-state index in [1.54, 1.807) is 18.9 Å². The van der Waals surface area contributed by atoms with Gasteiger partial charge in [0.1, 0.15) is 5.75 Å². The first-order valence-electron chi connectivity index (χ1n) is 7.94. The zero-order chi connectivity index (χ0) is 16.9. The van der Waals surface area contributed by atoms with Crippen molar-refractivity contribution in [2.45, 2.75) is 19.8 Å². The highest BCUT2D eigenvalue weighted by Gasteiger charge is 2.13. The molecule has 3 rings (SSSR count). The molecular weight excluding hydrogens is 318 g/mol. The summed E-state index contributed by atoms with van der Waals surface area (Å²) in [6, 6.07) is 16.3. The average Bonchev–Trinajstić information content (AvgIpc) is 2.63. The Morgan fingerprint density at radius 3 is 2.33 bits per heavy atom. The van der Waals surface area contributed by atoms with Crippen LogP contribution in [0.1, 0.15) is 30.9 Å². The number of ether oxygens (including phenoxy) is 1. The Morgan fingerprint density at radius 2 is 1.79 bits per heavy atom. The normalized spacial score (nSPS) is 16.0. The largest absolute Gasteiger partial charge is 0.497 e. The molecule has 2 aromatic rings. The fourth-order valence-corrected chi connectivity index (χ4v) is 3.14. The minimum Gasteiger partial charge on any atom is -0.497 e. The number of nitrogens with one attached hydrogen (secondary N) is 1. The van der Waals surface area contributed by atoms with Crippen LogP contribution in [0.2, 0.25) is 0 Å². The van der Waals surface area contributed by atoms with Crippen LogP contribution in [0.5, 0.6) is 5.75 Å². The topological polar surface area (TPSA) is 46.0 Å². The summed E-state index contributed by atoms with van der Waals surface area (Å²) in [5.74, 6) is 2.18. The van der Waals surface area contributed by atoms with Crippen molar-refractivity contribution in [3.63, 3.8) is 0 Å². The lowest BCUT2D eigenvalue weighted by atomic mass is 10.0. The van der Waals surface area contributed by atoms with Crippen molar-refractivity contribution in [3.8, 4) is 5.75 Å². The highest BCUT2D eigenvalue weighted by molar-refractivity contribution is 8.14. The third-order valence-corrected chi connectivity index (χ3v) is 4.72. The zero-order valence-electron chi connectivity index (χ0n) is 14.1. The van der Waals surface area contributed by atoms with Gasteiger partial charge in [-0.05, 0) is 53.4 Å². The van der Waals surface area contributed by atoms with Gasteiger partial charge in [0.15, 0.2) is 5.17 Å². The van der Waals surface area contributed by atoms with Crippen LogP contribution in [0.25, 0.3) is 0 Å². The Morgan fingerprint density at radius 1 is 1.08 bits per heavy atom. The number of amidine groups is 1. The number of methoxy groups -OCH3 is 1. The summed E-state index contributed by atoms with van der Waals surface area (Å²) in [6.07, 6.45) is 0. The van der Waals surface area contributed by atoms with E-state index in [-0.39, 0.29) is 0 Å². The van der Waals surface area contributed by atoms with E-state index >= 15 is 0 Å². The molecule has 0 spiro atoms. The van der Waals surface area contributed by atoms with Gasteiger partial charge in [-0.25, -0.2) is 4.99 Å². The van der Waals surface area contributed by atoms with Crippen LogP contribution in [-0.2, 0) is 0 Å². The van der Waals surface area contributed by atoms with Gasteiger partial charge in [0, 0.05) is 5.75 Å². The van der Waals surface area contributed by atoms with Crippen LogP contribution >= 0.6 is 11.8 Å². The number of hydrogen-bond donors (Lipinski definition) is 1. The molecule has 24 heavy (non-hydrogen) atoms. The number of hydrogen-bond acceptors (Lipinski definition) is 4. The lowest BCUT2D eigenvalue weighted by Gasteiger charge is -2.15. The third kappa shape index (κ3) is 3.97. The minimum absolute atomic E-state index is 0.533. The Bertz CT molecular complexity index is 749. The molecule has 0 unspecified atom stereocenters. The van der Waals surface area contributed by atoms with E-state index < -0.39 is 0 Å². The molecule has 4 nitrogen and oxygen atoms in total. The van der Waals surface area contributed by atoms with Gasteiger partial charge >= 0.3 is 0 Å². The van der Waals surface area contributed by atoms with Crippen molar-refractivity contribution in [3.05, 3.63) is 59.7 Å². The quantitative estimate of drug-likeness (QED) is 0.889. The summed E-state index contributed by atoms with van der Waals surface area (Å²) < 4.78 is 5.18. The van der Waals surface area contributed by atoms with E-state index in [1.807, 2.05) is 36.4 Å². The Balaban J connectivity index is 1.69. The van der Waals surface area contributed by atoms with Gasteiger partial charge in [-0.1, -0.05) is 37.7 Å². The summed E-state index contributed by atoms with van der Waals surface area (Å²) in [6.45, 7) is 4.38. The van der Waals surface area contributed by atoms with Crippen LogP contribution in [0.15, 0.2) is 58.6 Å². The summed E-state index contributed by atoms with van der Waals surface area (Å²) in [5, 5.41) is 5.28. The number of benzene rings is 2. The van der Waals surface area contributed by atoms with Crippen molar-refractivity contribution in [2.24, 2.45) is 10.1 Å². The molecule has 0 atom stereocenters. The number of nitrogens with zero attached hydrogens (tertiary/aromatic N) is 2. The van der Waals surface area contributed by atoms with E-state index in [9.17, 15) is 0 Å². The van der Waals surface area contributed by atoms with Crippen LogP contribution < -0.4 is 10.2 Å². The van der Waals surface area contributed by atoms with Crippen LogP contribution in [0.4, 0.5) is 5.69 Å². The highest BCUT2D eigenvalue weighted by atomic mass is 32.2. The molecule has 0 aromatic heterocycles. The van der Waals surface area contributed by atoms with E-state index in [2.05, 4.69) is 41.5 Å². The third-order valence-electron chi connectivity index (χ3n) is 3.85. The molecule has 0 radical (unpaired) electrons. The molecule has 0 fully saturated rings. The zero-order valence-corrected chi connectivity index (χ0v) is 14.9. The number of thioether (sulfide) groups is 1. The molecule has 5 heteroatoms. The summed E-state index contributed by atoms with van der Waals surface area (Å²) in [7, 11) is 1.67. The van der Waals surface area contributed by atoms with Gasteiger partial charge in [0.25, 0.3) is 0 Å². The van der Waals surface area contributed by atoms with Gasteiger partial charge in [-0.3, -0.25) is 5.43 Å². The standard InChI is InChI=1S/C19H21N3OS/c1-13(2)14-4-8-16(9-5-14)20-19-22-21-18(12-24-19)15-6-10-17(23-3)11-7-15/h4-11,13H,12H2,1-3H3,(H,20,22). The Kier molecular flexibility index (Phi) is 5.20. The van der Waals surface area contributed by atoms with Gasteiger partial charge in [0.2, 0.25) is 0 Å². The van der Waals surface area contributed by atoms with Gasteiger partial charge in [-0.2, -0.15) is 5.10 Å². The number of hydrazone groups is 1. The second kappa shape index (κ2) is 7.53. The Labute approximate surface area is 147 Å². The molecule has 0 amide bonds. The monoisotopic (exact) mass is 339 g/mol. The lowest BCUT2D eigenvalue weighted by molar-refractivity contribution is 0.415. The smallest absolute Gasteiger partial charge is 0.182 e. The first-order chi connectivity index (χ1) is 11.7. The molecule has 0 saturated carbocycles. The van der Waals surface area contributed by atoms with E-state index in [0.717, 1.165) is 33.6 Å². The van der Waals surface area contributed by atoms with Crippen molar-refractivity contribution >= 4 is 28.3 Å². The summed E-state index contributed by atoms with van der Waals surface area (Å²) in [4.78, 5) is 4.62. The molecular formula is C19H21N3OS. The molecule has 2 aromatic carbocycles. The minimum atomic E-state index is 0.533. The SMILES string of the molecule is COc1ccc(C2=NNC(=Nc3ccc(C(C)C)cc3)SC2)cc1. The van der Waals surface area contributed by atoms with Gasteiger partial charge in [-0.15, -0.1) is 0 Å². The van der Waals surface area contributed by atoms with E-state index in [1.165, 1.54) is 5.56 Å². The molecule has 0 bridgehead atoms. The van der Waals surface area contributed by atoms with Crippen LogP contribution in [0, 0.1) is 0 Å². The average molecular weight is 339 g/mol. The van der Waals surface area contributed by atoms with Crippen LogP contribution in [0.3, 0.4) is 0 Å². The predicted octanol–water partition coefficient (Wildman–Crippen LogP) is 4.55. The maximum absolute atomic E-state index is 5.18. The van der Waals surface area contributed by atoms with Crippen molar-refractivity contribution in [1.82, 2.24) is 5.43 Å². The molecule has 1 N–H and O–H groups in total. The maximum atomic E-state index is 5.18. The Hall–Kier alpha value is -2.27. The first-order valence-corrected chi connectivity index (χ1v) is 8.92. The fourth-order valence-electron chi connectivity index (χ4n) is 2.36. The highest BCUT2D eigenvalue weighted by Crippen LogP contribution is 2.22. The molecule has 0 aliphatic carbocycles. The molecule has 1 heterocycles. The fraction of sp³-hybridized carbons (Fsp3) is 0.263. The van der Waals surface area contributed by atoms with Crippen LogP contribution in [-0.4, -0.2) is 23.7 Å². The molecule has 124 valence electrons. The van der Waals surface area contributed by atoms with Crippen molar-refractivity contribution < 1.29 is 4.74 Å². The van der Waals surface area contributed by atoms with Crippen molar-refractivity contribution in [2.75, 3.05) is 12.9 Å².